The molecule has 0 aromatic heterocycles. The van der Waals surface area contributed by atoms with E-state index in [0.717, 1.165) is 22.3 Å². The molecule has 1 aromatic carbocycles. The number of carbonyl (C=O) groups excluding carboxylic acids is 3. The highest BCUT2D eigenvalue weighted by atomic mass is 32.2. The molecular weight excluding hydrogens is 532 g/mol. The summed E-state index contributed by atoms with van der Waals surface area (Å²) in [5.74, 6) is -1.43. The SMILES string of the molecule is CCC(=O)O[C@]1(C(=O)COS(=O)(=O)c2ccc(C)cc2)CC[C@H]2C3=C([C@@H](O)C[C@@]21C)[C@@]1(C)C=CC(=O)C=C1CC3. The number of hydrogen-bond donors (Lipinski definition) is 1. The number of hydrogen-bond acceptors (Lipinski definition) is 8. The summed E-state index contributed by atoms with van der Waals surface area (Å²) in [4.78, 5) is 38.7. The highest BCUT2D eigenvalue weighted by Gasteiger charge is 2.67. The first-order valence-corrected chi connectivity index (χ1v) is 15.3. The van der Waals surface area contributed by atoms with Crippen LogP contribution in [0.5, 0.6) is 0 Å². The standard InChI is InChI=1S/C31H36O8S/c1-5-27(35)39-31(26(34)18-38-40(36,37)22-9-6-19(2)7-10-22)15-13-24-23-11-8-20-16-21(32)12-14-29(20,3)28(23)25(33)17-30(24,31)4/h6-7,9-10,12,14,16,24-25,33H,5,8,11,13,15,17-18H2,1-4H3/t24-,25-,29-,30-,31-/m0/s1. The van der Waals surface area contributed by atoms with Crippen LogP contribution in [0.1, 0.15) is 64.9 Å². The molecule has 0 radical (unpaired) electrons. The second-order valence-corrected chi connectivity index (χ2v) is 13.5. The molecule has 4 aliphatic rings. The van der Waals surface area contributed by atoms with Gasteiger partial charge in [0.25, 0.3) is 10.1 Å². The Morgan fingerprint density at radius 3 is 2.50 bits per heavy atom. The monoisotopic (exact) mass is 568 g/mol. The summed E-state index contributed by atoms with van der Waals surface area (Å²) in [7, 11) is -4.23. The van der Waals surface area contributed by atoms with Gasteiger partial charge in [-0.2, -0.15) is 8.42 Å². The van der Waals surface area contributed by atoms with Gasteiger partial charge in [-0.15, -0.1) is 0 Å². The van der Waals surface area contributed by atoms with Gasteiger partial charge in [0.2, 0.25) is 5.78 Å². The van der Waals surface area contributed by atoms with Gasteiger partial charge in [0, 0.05) is 17.3 Å². The molecule has 8 nitrogen and oxygen atoms in total. The van der Waals surface area contributed by atoms with Gasteiger partial charge in [-0.25, -0.2) is 0 Å². The Bertz CT molecular complexity index is 1470. The van der Waals surface area contributed by atoms with Crippen molar-refractivity contribution in [2.75, 3.05) is 6.61 Å². The Hall–Kier alpha value is -2.88. The third-order valence-corrected chi connectivity index (χ3v) is 10.9. The topological polar surface area (TPSA) is 124 Å². The number of aliphatic hydroxyl groups excluding tert-OH is 1. The minimum atomic E-state index is -4.23. The number of esters is 1. The Morgan fingerprint density at radius 2 is 1.82 bits per heavy atom. The van der Waals surface area contributed by atoms with Crippen molar-refractivity contribution in [1.29, 1.82) is 0 Å². The van der Waals surface area contributed by atoms with Gasteiger partial charge in [-0.1, -0.05) is 48.8 Å². The summed E-state index contributed by atoms with van der Waals surface area (Å²) < 4.78 is 37.0. The number of aliphatic hydroxyl groups is 1. The maximum atomic E-state index is 14.0. The van der Waals surface area contributed by atoms with Crippen LogP contribution >= 0.6 is 0 Å². The molecule has 1 fully saturated rings. The van der Waals surface area contributed by atoms with E-state index in [4.69, 9.17) is 8.92 Å². The van der Waals surface area contributed by atoms with Gasteiger partial charge in [-0.05, 0) is 81.7 Å². The Balaban J connectivity index is 1.51. The molecule has 5 atom stereocenters. The smallest absolute Gasteiger partial charge is 0.306 e. The fraction of sp³-hybridized carbons (Fsp3) is 0.516. The zero-order valence-electron chi connectivity index (χ0n) is 23.4. The van der Waals surface area contributed by atoms with Crippen LogP contribution in [0, 0.1) is 23.7 Å². The van der Waals surface area contributed by atoms with Crippen molar-refractivity contribution >= 4 is 27.7 Å². The van der Waals surface area contributed by atoms with Gasteiger partial charge in [-0.3, -0.25) is 18.6 Å². The van der Waals surface area contributed by atoms with E-state index in [9.17, 15) is 27.9 Å². The van der Waals surface area contributed by atoms with Crippen molar-refractivity contribution in [2.45, 2.75) is 82.8 Å². The summed E-state index contributed by atoms with van der Waals surface area (Å²) in [6, 6.07) is 6.12. The molecule has 40 heavy (non-hydrogen) atoms. The van der Waals surface area contributed by atoms with Crippen LogP contribution in [0.2, 0.25) is 0 Å². The molecule has 1 saturated carbocycles. The van der Waals surface area contributed by atoms with Crippen LogP contribution in [-0.2, 0) is 33.4 Å². The number of carbonyl (C=O) groups is 3. The minimum Gasteiger partial charge on any atom is -0.450 e. The van der Waals surface area contributed by atoms with E-state index in [1.807, 2.05) is 26.8 Å². The first-order valence-electron chi connectivity index (χ1n) is 13.8. The van der Waals surface area contributed by atoms with Crippen LogP contribution in [-0.4, -0.2) is 49.4 Å². The second kappa shape index (κ2) is 9.89. The minimum absolute atomic E-state index is 0.0415. The lowest BCUT2D eigenvalue weighted by Gasteiger charge is -2.54. The van der Waals surface area contributed by atoms with Crippen molar-refractivity contribution in [1.82, 2.24) is 0 Å². The highest BCUT2D eigenvalue weighted by Crippen LogP contribution is 2.65. The molecular formula is C31H36O8S. The van der Waals surface area contributed by atoms with Gasteiger partial charge >= 0.3 is 5.97 Å². The van der Waals surface area contributed by atoms with E-state index >= 15 is 0 Å². The molecule has 9 heteroatoms. The summed E-state index contributed by atoms with van der Waals surface area (Å²) in [6.07, 6.45) is 6.31. The molecule has 1 N–H and O–H groups in total. The van der Waals surface area contributed by atoms with Crippen molar-refractivity contribution in [3.63, 3.8) is 0 Å². The molecule has 1 aromatic rings. The van der Waals surface area contributed by atoms with Crippen molar-refractivity contribution in [2.24, 2.45) is 16.7 Å². The lowest BCUT2D eigenvalue weighted by atomic mass is 9.52. The number of ketones is 2. The van der Waals surface area contributed by atoms with Crippen LogP contribution in [0.15, 0.2) is 64.1 Å². The van der Waals surface area contributed by atoms with E-state index in [2.05, 4.69) is 0 Å². The number of ether oxygens (including phenoxy) is 1. The Kier molecular flexibility index (Phi) is 7.08. The third-order valence-electron chi connectivity index (χ3n) is 9.66. The summed E-state index contributed by atoms with van der Waals surface area (Å²) in [5, 5.41) is 11.6. The average molecular weight is 569 g/mol. The van der Waals surface area contributed by atoms with Gasteiger partial charge in [0.1, 0.15) is 6.61 Å². The predicted octanol–water partition coefficient (Wildman–Crippen LogP) is 4.30. The fourth-order valence-corrected chi connectivity index (χ4v) is 8.42. The fourth-order valence-electron chi connectivity index (χ4n) is 7.55. The molecule has 0 bridgehead atoms. The molecule has 0 aliphatic heterocycles. The molecule has 0 amide bonds. The molecule has 5 rings (SSSR count). The second-order valence-electron chi connectivity index (χ2n) is 11.9. The molecule has 214 valence electrons. The average Bonchev–Trinajstić information content (AvgIpc) is 3.19. The first kappa shape index (κ1) is 28.6. The highest BCUT2D eigenvalue weighted by molar-refractivity contribution is 7.86. The lowest BCUT2D eigenvalue weighted by Crippen LogP contribution is -2.59. The van der Waals surface area contributed by atoms with Crippen LogP contribution in [0.25, 0.3) is 0 Å². The van der Waals surface area contributed by atoms with E-state index in [0.29, 0.717) is 19.3 Å². The quantitative estimate of drug-likeness (QED) is 0.293. The number of rotatable bonds is 7. The number of fused-ring (bicyclic) bond motifs is 4. The number of Topliss-reactive ketones (excluding diaryl/α,β-unsaturated/α-hetero) is 1. The number of benzene rings is 1. The summed E-state index contributed by atoms with van der Waals surface area (Å²) >= 11 is 0. The van der Waals surface area contributed by atoms with Gasteiger partial charge in [0.05, 0.1) is 11.0 Å². The lowest BCUT2D eigenvalue weighted by molar-refractivity contribution is -0.185. The summed E-state index contributed by atoms with van der Waals surface area (Å²) in [5.41, 5.74) is 0.523. The number of aryl methyl sites for hydroxylation is 1. The number of allylic oxidation sites excluding steroid dienone is 5. The van der Waals surface area contributed by atoms with Crippen molar-refractivity contribution < 1.29 is 36.8 Å². The van der Waals surface area contributed by atoms with Crippen molar-refractivity contribution in [3.8, 4) is 0 Å². The Labute approximate surface area is 235 Å². The van der Waals surface area contributed by atoms with Crippen LogP contribution in [0.4, 0.5) is 0 Å². The maximum absolute atomic E-state index is 14.0. The normalized spacial score (nSPS) is 33.1. The molecule has 4 aliphatic carbocycles. The summed E-state index contributed by atoms with van der Waals surface area (Å²) in [6.45, 7) is 6.55. The van der Waals surface area contributed by atoms with E-state index in [-0.39, 0.29) is 35.9 Å². The van der Waals surface area contributed by atoms with Gasteiger partial charge in [0.15, 0.2) is 11.4 Å². The van der Waals surface area contributed by atoms with E-state index < -0.39 is 51.0 Å². The maximum Gasteiger partial charge on any atom is 0.306 e. The largest absolute Gasteiger partial charge is 0.450 e. The zero-order chi connectivity index (χ0) is 29.1. The zero-order valence-corrected chi connectivity index (χ0v) is 24.2. The molecule has 0 heterocycles. The third kappa shape index (κ3) is 4.33. The first-order chi connectivity index (χ1) is 18.8. The molecule has 0 spiro atoms. The van der Waals surface area contributed by atoms with E-state index in [1.54, 1.807) is 25.1 Å². The predicted molar refractivity (Wildman–Crippen MR) is 146 cm³/mol. The van der Waals surface area contributed by atoms with E-state index in [1.165, 1.54) is 18.2 Å². The van der Waals surface area contributed by atoms with Crippen molar-refractivity contribution in [3.05, 3.63) is 64.8 Å². The van der Waals surface area contributed by atoms with Crippen LogP contribution in [0.3, 0.4) is 0 Å². The Morgan fingerprint density at radius 1 is 1.12 bits per heavy atom. The van der Waals surface area contributed by atoms with Crippen LogP contribution < -0.4 is 0 Å². The molecule has 0 saturated heterocycles. The van der Waals surface area contributed by atoms with Gasteiger partial charge < -0.3 is 9.84 Å². The molecule has 0 unspecified atom stereocenters.